The maximum Gasteiger partial charge on any atom is 0.262 e. The van der Waals surface area contributed by atoms with Crippen LogP contribution in [0.3, 0.4) is 0 Å². The number of benzene rings is 3. The van der Waals surface area contributed by atoms with Gasteiger partial charge in [0.1, 0.15) is 18.5 Å². The number of methoxy groups -OCH3 is 1. The van der Waals surface area contributed by atoms with E-state index in [1.807, 2.05) is 12.1 Å². The fourth-order valence-corrected chi connectivity index (χ4v) is 3.35. The maximum atomic E-state index is 13.1. The van der Waals surface area contributed by atoms with Gasteiger partial charge in [-0.15, -0.1) is 0 Å². The molecule has 3 aromatic carbocycles. The molecule has 3 aromatic rings. The topological polar surface area (TPSA) is 89.0 Å². The molecule has 9 heteroatoms. The summed E-state index contributed by atoms with van der Waals surface area (Å²) in [5, 5.41) is 7.33. The molecule has 0 heterocycles. The predicted octanol–water partition coefficient (Wildman–Crippen LogP) is 4.97. The van der Waals surface area contributed by atoms with E-state index in [1.54, 1.807) is 44.2 Å². The highest BCUT2D eigenvalue weighted by Gasteiger charge is 2.24. The van der Waals surface area contributed by atoms with Gasteiger partial charge < -0.3 is 14.8 Å². The lowest BCUT2D eigenvalue weighted by Crippen LogP contribution is -2.48. The van der Waals surface area contributed by atoms with Gasteiger partial charge in [-0.25, -0.2) is 9.82 Å². The van der Waals surface area contributed by atoms with Crippen molar-refractivity contribution < 1.29 is 23.5 Å². The minimum atomic E-state index is -0.835. The Hall–Kier alpha value is -3.91. The molecule has 0 saturated heterocycles. The molecule has 3 rings (SSSR count). The van der Waals surface area contributed by atoms with E-state index in [0.29, 0.717) is 28.7 Å². The van der Waals surface area contributed by atoms with E-state index < -0.39 is 23.7 Å². The lowest BCUT2D eigenvalue weighted by molar-refractivity contribution is -0.123. The number of carbonyl (C=O) groups is 2. The third-order valence-corrected chi connectivity index (χ3v) is 5.48. The van der Waals surface area contributed by atoms with Gasteiger partial charge in [-0.1, -0.05) is 37.6 Å². The lowest BCUT2D eigenvalue weighted by atomic mass is 10.0. The van der Waals surface area contributed by atoms with Crippen LogP contribution in [-0.4, -0.2) is 31.2 Å². The highest BCUT2D eigenvalue weighted by molar-refractivity contribution is 6.30. The number of amides is 2. The zero-order valence-corrected chi connectivity index (χ0v) is 20.9. The summed E-state index contributed by atoms with van der Waals surface area (Å²) in [6, 6.07) is 16.8. The number of hydrogen-bond donors (Lipinski definition) is 2. The average molecular weight is 512 g/mol. The standard InChI is InChI=1S/C27H27ClFN3O4/c1-17(2)25(31-26(33)20-7-11-22(29)12-8-20)27(34)32-30-15-19-6-13-23(24(14-19)35-3)36-16-18-4-9-21(28)10-5-18/h4-15,17,25H,16H2,1-3H3,(H,31,33)(H,32,34). The Morgan fingerprint density at radius 2 is 1.72 bits per heavy atom. The summed E-state index contributed by atoms with van der Waals surface area (Å²) in [4.78, 5) is 25.1. The van der Waals surface area contributed by atoms with E-state index >= 15 is 0 Å². The van der Waals surface area contributed by atoms with Gasteiger partial charge in [-0.05, 0) is 71.6 Å². The minimum absolute atomic E-state index is 0.207. The van der Waals surface area contributed by atoms with Crippen LogP contribution >= 0.6 is 11.6 Å². The van der Waals surface area contributed by atoms with Crippen molar-refractivity contribution in [3.63, 3.8) is 0 Å². The van der Waals surface area contributed by atoms with Crippen molar-refractivity contribution in [3.8, 4) is 11.5 Å². The van der Waals surface area contributed by atoms with E-state index in [4.69, 9.17) is 21.1 Å². The van der Waals surface area contributed by atoms with Crippen LogP contribution in [0, 0.1) is 11.7 Å². The zero-order valence-electron chi connectivity index (χ0n) is 20.1. The summed E-state index contributed by atoms with van der Waals surface area (Å²) in [5.41, 5.74) is 4.34. The predicted molar refractivity (Wildman–Crippen MR) is 137 cm³/mol. The van der Waals surface area contributed by atoms with Crippen molar-refractivity contribution >= 4 is 29.6 Å². The molecule has 2 amide bonds. The number of ether oxygens (including phenoxy) is 2. The lowest BCUT2D eigenvalue weighted by Gasteiger charge is -2.20. The van der Waals surface area contributed by atoms with Crippen molar-refractivity contribution in [3.05, 3.63) is 94.3 Å². The van der Waals surface area contributed by atoms with Crippen LogP contribution < -0.4 is 20.2 Å². The van der Waals surface area contributed by atoms with Crippen LogP contribution in [0.5, 0.6) is 11.5 Å². The van der Waals surface area contributed by atoms with Gasteiger partial charge in [0.05, 0.1) is 13.3 Å². The van der Waals surface area contributed by atoms with Crippen molar-refractivity contribution in [1.82, 2.24) is 10.7 Å². The molecule has 2 N–H and O–H groups in total. The van der Waals surface area contributed by atoms with Gasteiger partial charge in [0.25, 0.3) is 11.8 Å². The minimum Gasteiger partial charge on any atom is -0.493 e. The highest BCUT2D eigenvalue weighted by Crippen LogP contribution is 2.28. The number of carbonyl (C=O) groups excluding carboxylic acids is 2. The summed E-state index contributed by atoms with van der Waals surface area (Å²) in [5.74, 6) is -0.556. The first-order chi connectivity index (χ1) is 17.3. The second-order valence-corrected chi connectivity index (χ2v) is 8.70. The molecule has 0 saturated carbocycles. The van der Waals surface area contributed by atoms with E-state index in [2.05, 4.69) is 15.8 Å². The van der Waals surface area contributed by atoms with Gasteiger partial charge in [0.15, 0.2) is 11.5 Å². The molecular weight excluding hydrogens is 485 g/mol. The molecule has 0 fully saturated rings. The second-order valence-electron chi connectivity index (χ2n) is 8.26. The molecule has 0 aliphatic heterocycles. The maximum absolute atomic E-state index is 13.1. The molecule has 188 valence electrons. The fourth-order valence-electron chi connectivity index (χ4n) is 3.23. The zero-order chi connectivity index (χ0) is 26.1. The third-order valence-electron chi connectivity index (χ3n) is 5.23. The van der Waals surface area contributed by atoms with Crippen molar-refractivity contribution in [2.24, 2.45) is 11.0 Å². The van der Waals surface area contributed by atoms with Crippen LogP contribution in [0.1, 0.15) is 35.3 Å². The Morgan fingerprint density at radius 1 is 1.03 bits per heavy atom. The Labute approximate surface area is 214 Å². The number of rotatable bonds is 10. The summed E-state index contributed by atoms with van der Waals surface area (Å²) in [7, 11) is 1.53. The van der Waals surface area contributed by atoms with E-state index in [-0.39, 0.29) is 11.5 Å². The van der Waals surface area contributed by atoms with Gasteiger partial charge in [0, 0.05) is 10.6 Å². The number of hydrazone groups is 1. The third kappa shape index (κ3) is 7.55. The van der Waals surface area contributed by atoms with Crippen LogP contribution in [0.25, 0.3) is 0 Å². The van der Waals surface area contributed by atoms with Crippen LogP contribution in [0.15, 0.2) is 71.8 Å². The van der Waals surface area contributed by atoms with Gasteiger partial charge in [-0.3, -0.25) is 9.59 Å². The summed E-state index contributed by atoms with van der Waals surface area (Å²) in [6.07, 6.45) is 1.46. The molecule has 0 radical (unpaired) electrons. The van der Waals surface area contributed by atoms with Crippen molar-refractivity contribution in [2.45, 2.75) is 26.5 Å². The van der Waals surface area contributed by atoms with Gasteiger partial charge in [0.2, 0.25) is 0 Å². The Kier molecular flexibility index (Phi) is 9.41. The first-order valence-corrected chi connectivity index (χ1v) is 11.6. The summed E-state index contributed by atoms with van der Waals surface area (Å²) in [6.45, 7) is 3.94. The molecule has 36 heavy (non-hydrogen) atoms. The molecule has 1 unspecified atom stereocenters. The largest absolute Gasteiger partial charge is 0.493 e. The molecule has 7 nitrogen and oxygen atoms in total. The van der Waals surface area contributed by atoms with Gasteiger partial charge >= 0.3 is 0 Å². The Balaban J connectivity index is 1.60. The molecule has 0 aromatic heterocycles. The average Bonchev–Trinajstić information content (AvgIpc) is 2.87. The normalized spacial score (nSPS) is 11.8. The first kappa shape index (κ1) is 26.7. The molecule has 0 spiro atoms. The van der Waals surface area contributed by atoms with Gasteiger partial charge in [-0.2, -0.15) is 5.10 Å². The van der Waals surface area contributed by atoms with E-state index in [0.717, 1.165) is 5.56 Å². The molecule has 0 aliphatic rings. The quantitative estimate of drug-likeness (QED) is 0.297. The number of halogens is 2. The van der Waals surface area contributed by atoms with E-state index in [1.165, 1.54) is 37.6 Å². The van der Waals surface area contributed by atoms with Crippen LogP contribution in [0.4, 0.5) is 4.39 Å². The monoisotopic (exact) mass is 511 g/mol. The summed E-state index contributed by atoms with van der Waals surface area (Å²) < 4.78 is 24.4. The van der Waals surface area contributed by atoms with Crippen molar-refractivity contribution in [1.29, 1.82) is 0 Å². The number of hydrogen-bond acceptors (Lipinski definition) is 5. The first-order valence-electron chi connectivity index (χ1n) is 11.2. The van der Waals surface area contributed by atoms with Crippen molar-refractivity contribution in [2.75, 3.05) is 7.11 Å². The van der Waals surface area contributed by atoms with Crippen LogP contribution in [-0.2, 0) is 11.4 Å². The summed E-state index contributed by atoms with van der Waals surface area (Å²) >= 11 is 5.91. The van der Waals surface area contributed by atoms with E-state index in [9.17, 15) is 14.0 Å². The molecular formula is C27H27ClFN3O4. The molecule has 0 aliphatic carbocycles. The smallest absolute Gasteiger partial charge is 0.262 e. The van der Waals surface area contributed by atoms with Crippen LogP contribution in [0.2, 0.25) is 5.02 Å². The highest BCUT2D eigenvalue weighted by atomic mass is 35.5. The second kappa shape index (κ2) is 12.7. The Morgan fingerprint density at radius 3 is 2.36 bits per heavy atom. The Bertz CT molecular complexity index is 1210. The molecule has 0 bridgehead atoms. The SMILES string of the molecule is COc1cc(C=NNC(=O)C(NC(=O)c2ccc(F)cc2)C(C)C)ccc1OCc1ccc(Cl)cc1. The fraction of sp³-hybridized carbons (Fsp3) is 0.222. The molecule has 1 atom stereocenters. The number of nitrogens with zero attached hydrogens (tertiary/aromatic N) is 1. The number of nitrogens with one attached hydrogen (secondary N) is 2.